The molecular weight excluding hydrogens is 713 g/mol. The number of fused-ring (bicyclic) bond motifs is 14. The Labute approximate surface area is 332 Å². The molecule has 57 heavy (non-hydrogen) atoms. The summed E-state index contributed by atoms with van der Waals surface area (Å²) in [6, 6.07) is 60.5. The van der Waals surface area contributed by atoms with Gasteiger partial charge in [-0.3, -0.25) is 0 Å². The fourth-order valence-corrected chi connectivity index (χ4v) is 11.8. The molecule has 6 heterocycles. The van der Waals surface area contributed by atoms with Crippen molar-refractivity contribution in [2.24, 2.45) is 0 Å². The smallest absolute Gasteiger partial charge is 0.264 e. The average molecular weight is 744 g/mol. The molecule has 0 bridgehead atoms. The van der Waals surface area contributed by atoms with Gasteiger partial charge in [-0.15, -0.1) is 11.3 Å². The van der Waals surface area contributed by atoms with Gasteiger partial charge in [0, 0.05) is 42.4 Å². The molecule has 0 spiro atoms. The van der Waals surface area contributed by atoms with Crippen molar-refractivity contribution in [2.45, 2.75) is 6.92 Å². The number of nitrogens with zero attached hydrogens (tertiary/aromatic N) is 3. The summed E-state index contributed by atoms with van der Waals surface area (Å²) in [6.45, 7) is 2.30. The van der Waals surface area contributed by atoms with Crippen LogP contribution in [-0.4, -0.2) is 11.3 Å². The van der Waals surface area contributed by atoms with Gasteiger partial charge in [-0.05, 0) is 95.2 Å². The Hall–Kier alpha value is -7.02. The van der Waals surface area contributed by atoms with Crippen LogP contribution in [0.2, 0.25) is 0 Å². The summed E-state index contributed by atoms with van der Waals surface area (Å²) in [7, 11) is 0. The highest BCUT2D eigenvalue weighted by Gasteiger charge is 2.47. The van der Waals surface area contributed by atoms with Crippen molar-refractivity contribution < 1.29 is 4.42 Å². The molecule has 4 nitrogen and oxygen atoms in total. The van der Waals surface area contributed by atoms with Gasteiger partial charge in [-0.1, -0.05) is 103 Å². The van der Waals surface area contributed by atoms with Crippen LogP contribution in [-0.2, 0) is 0 Å². The fraction of sp³-hybridized carbons (Fsp3) is 0.0196. The lowest BCUT2D eigenvalue weighted by atomic mass is 9.36. The van der Waals surface area contributed by atoms with Crippen molar-refractivity contribution in [1.82, 2.24) is 4.57 Å². The van der Waals surface area contributed by atoms with E-state index in [4.69, 9.17) is 4.42 Å². The zero-order valence-electron chi connectivity index (χ0n) is 30.8. The van der Waals surface area contributed by atoms with Crippen molar-refractivity contribution in [3.8, 4) is 16.8 Å². The van der Waals surface area contributed by atoms with Crippen LogP contribution in [0.25, 0.3) is 70.6 Å². The van der Waals surface area contributed by atoms with E-state index in [2.05, 4.69) is 185 Å². The van der Waals surface area contributed by atoms with Crippen molar-refractivity contribution in [3.05, 3.63) is 169 Å². The number of para-hydroxylation sites is 4. The van der Waals surface area contributed by atoms with Gasteiger partial charge in [0.05, 0.1) is 44.9 Å². The lowest BCUT2D eigenvalue weighted by molar-refractivity contribution is 0.669. The first kappa shape index (κ1) is 30.2. The molecule has 6 heteroatoms. The van der Waals surface area contributed by atoms with E-state index in [1.807, 2.05) is 11.3 Å². The van der Waals surface area contributed by atoms with E-state index in [9.17, 15) is 0 Å². The van der Waals surface area contributed by atoms with Gasteiger partial charge in [0.2, 0.25) is 0 Å². The Morgan fingerprint density at radius 2 is 1.21 bits per heavy atom. The van der Waals surface area contributed by atoms with E-state index >= 15 is 0 Å². The molecule has 0 atom stereocenters. The SMILES string of the molecule is Cc1cc2c3c(c1)N1c4c(cccc4-n4c5ccccc5c5cccc1c54)B3c1sc3ccc(-c4ccccc4)cc3c1N2c1cccc2oc3ccccc3c12. The Kier molecular flexibility index (Phi) is 5.64. The molecule has 8 aromatic carbocycles. The number of thiophene rings is 1. The van der Waals surface area contributed by atoms with Gasteiger partial charge in [0.25, 0.3) is 6.71 Å². The summed E-state index contributed by atoms with van der Waals surface area (Å²) in [5, 5.41) is 6.10. The minimum atomic E-state index is 0.0356. The first-order valence-corrected chi connectivity index (χ1v) is 20.5. The van der Waals surface area contributed by atoms with Gasteiger partial charge >= 0.3 is 0 Å². The highest BCUT2D eigenvalue weighted by molar-refractivity contribution is 7.33. The molecule has 264 valence electrons. The first-order valence-electron chi connectivity index (χ1n) is 19.6. The normalized spacial score (nSPS) is 13.6. The van der Waals surface area contributed by atoms with Crippen LogP contribution in [0.15, 0.2) is 168 Å². The summed E-state index contributed by atoms with van der Waals surface area (Å²) in [4.78, 5) is 5.18. The molecule has 0 radical (unpaired) electrons. The number of furan rings is 1. The molecule has 0 fully saturated rings. The minimum absolute atomic E-state index is 0.0356. The van der Waals surface area contributed by atoms with Crippen molar-refractivity contribution in [2.75, 3.05) is 9.80 Å². The molecular formula is C51H30BN3OS. The molecule has 0 saturated carbocycles. The number of benzene rings is 8. The fourth-order valence-electron chi connectivity index (χ4n) is 10.5. The predicted octanol–water partition coefficient (Wildman–Crippen LogP) is 12.3. The van der Waals surface area contributed by atoms with E-state index in [1.54, 1.807) is 0 Å². The number of hydrogen-bond acceptors (Lipinski definition) is 4. The Balaban J connectivity index is 1.15. The van der Waals surface area contributed by atoms with Crippen LogP contribution in [0, 0.1) is 6.92 Å². The molecule has 0 N–H and O–H groups in total. The highest BCUT2D eigenvalue weighted by Crippen LogP contribution is 2.54. The number of rotatable bonds is 2. The third kappa shape index (κ3) is 3.74. The molecule has 14 rings (SSSR count). The maximum absolute atomic E-state index is 6.56. The Morgan fingerprint density at radius 3 is 2.11 bits per heavy atom. The number of aryl methyl sites for hydroxylation is 1. The third-order valence-electron chi connectivity index (χ3n) is 12.7. The number of hydrogen-bond donors (Lipinski definition) is 0. The van der Waals surface area contributed by atoms with Crippen molar-refractivity contribution in [3.63, 3.8) is 0 Å². The third-order valence-corrected chi connectivity index (χ3v) is 13.9. The van der Waals surface area contributed by atoms with Gasteiger partial charge in [-0.25, -0.2) is 0 Å². The van der Waals surface area contributed by atoms with Crippen molar-refractivity contribution in [1.29, 1.82) is 0 Å². The maximum Gasteiger partial charge on any atom is 0.264 e. The Bertz CT molecular complexity index is 3580. The van der Waals surface area contributed by atoms with Gasteiger partial charge in [0.1, 0.15) is 11.2 Å². The average Bonchev–Trinajstić information content (AvgIpc) is 3.94. The molecule has 11 aromatic rings. The summed E-state index contributed by atoms with van der Waals surface area (Å²) in [6.07, 6.45) is 0. The largest absolute Gasteiger partial charge is 0.456 e. The molecule has 3 aromatic heterocycles. The second kappa shape index (κ2) is 10.6. The number of anilines is 6. The van der Waals surface area contributed by atoms with E-state index < -0.39 is 0 Å². The number of aromatic nitrogens is 1. The predicted molar refractivity (Wildman–Crippen MR) is 241 cm³/mol. The minimum Gasteiger partial charge on any atom is -0.456 e. The van der Waals surface area contributed by atoms with Crippen LogP contribution in [0.1, 0.15) is 5.56 Å². The zero-order chi connectivity index (χ0) is 37.1. The lowest BCUT2D eigenvalue weighted by Crippen LogP contribution is -2.61. The van der Waals surface area contributed by atoms with Crippen LogP contribution in [0.4, 0.5) is 34.1 Å². The molecule has 0 aliphatic carbocycles. The second-order valence-corrected chi connectivity index (χ2v) is 16.8. The van der Waals surface area contributed by atoms with Crippen molar-refractivity contribution >= 4 is 122 Å². The van der Waals surface area contributed by atoms with Gasteiger partial charge in [0.15, 0.2) is 0 Å². The van der Waals surface area contributed by atoms with Gasteiger partial charge in [-0.2, -0.15) is 0 Å². The summed E-state index contributed by atoms with van der Waals surface area (Å²) >= 11 is 1.95. The van der Waals surface area contributed by atoms with Crippen LogP contribution >= 0.6 is 11.3 Å². The lowest BCUT2D eigenvalue weighted by Gasteiger charge is -2.45. The van der Waals surface area contributed by atoms with Crippen LogP contribution in [0.3, 0.4) is 0 Å². The summed E-state index contributed by atoms with van der Waals surface area (Å²) in [5.41, 5.74) is 19.3. The first-order chi connectivity index (χ1) is 28.2. The molecule has 3 aliphatic rings. The van der Waals surface area contributed by atoms with E-state index in [-0.39, 0.29) is 6.71 Å². The zero-order valence-corrected chi connectivity index (χ0v) is 31.6. The van der Waals surface area contributed by atoms with Crippen LogP contribution in [0.5, 0.6) is 0 Å². The summed E-state index contributed by atoms with van der Waals surface area (Å²) in [5.74, 6) is 0. The quantitative estimate of drug-likeness (QED) is 0.165. The standard InChI is InChI=1S/C51H30BN3OS/c1-29-26-41-47-42(27-29)55-39-20-9-16-33-32-14-5-7-18-37(32)53(48(33)39)40-21-10-17-36(50(40)55)52(47)51-49(35-28-31(24-25-45(35)57-51)30-12-3-2-4-13-30)54(41)38-19-11-23-44-46(38)34-15-6-8-22-43(34)56-44/h2-28H,1H3. The summed E-state index contributed by atoms with van der Waals surface area (Å²) < 4.78 is 11.7. The maximum atomic E-state index is 6.56. The van der Waals surface area contributed by atoms with E-state index in [0.29, 0.717) is 0 Å². The van der Waals surface area contributed by atoms with Gasteiger partial charge < -0.3 is 18.8 Å². The second-order valence-electron chi connectivity index (χ2n) is 15.7. The van der Waals surface area contributed by atoms with E-state index in [0.717, 1.165) is 27.6 Å². The molecule has 0 amide bonds. The van der Waals surface area contributed by atoms with Crippen LogP contribution < -0.4 is 25.5 Å². The highest BCUT2D eigenvalue weighted by atomic mass is 32.1. The molecule has 0 saturated heterocycles. The molecule has 3 aliphatic heterocycles. The topological polar surface area (TPSA) is 24.6 Å². The van der Waals surface area contributed by atoms with E-state index in [1.165, 1.54) is 98.4 Å². The monoisotopic (exact) mass is 743 g/mol. The molecule has 0 unspecified atom stereocenters. The Morgan fingerprint density at radius 1 is 0.509 bits per heavy atom.